The first-order valence-corrected chi connectivity index (χ1v) is 9.74. The van der Waals surface area contributed by atoms with Crippen molar-refractivity contribution < 1.29 is 18.3 Å². The van der Waals surface area contributed by atoms with E-state index < -0.39 is 23.1 Å². The summed E-state index contributed by atoms with van der Waals surface area (Å²) >= 11 is 5.91. The fourth-order valence-corrected chi connectivity index (χ4v) is 3.00. The van der Waals surface area contributed by atoms with Gasteiger partial charge in [-0.3, -0.25) is 14.2 Å². The van der Waals surface area contributed by atoms with Crippen LogP contribution in [0.2, 0.25) is 5.02 Å². The van der Waals surface area contributed by atoms with Gasteiger partial charge < -0.3 is 15.8 Å². The number of ether oxygens (including phenoxy) is 1. The maximum atomic E-state index is 14.5. The van der Waals surface area contributed by atoms with Crippen LogP contribution in [-0.4, -0.2) is 20.4 Å². The van der Waals surface area contributed by atoms with Crippen LogP contribution in [-0.2, 0) is 0 Å². The molecule has 4 aromatic rings. The standard InChI is InChI=1S/C22H14ClF2N5O3/c23-16-11-27-22(26)29-20(16)33-18-8-5-13(10-17(18)25)28-19(31)15-2-1-9-30(21(15)32)14-6-3-12(24)4-7-14/h1-11H,(H,28,31)(H2,26,27,29). The van der Waals surface area contributed by atoms with Gasteiger partial charge in [0.2, 0.25) is 11.8 Å². The number of nitrogens with zero attached hydrogens (tertiary/aromatic N) is 3. The molecule has 8 nitrogen and oxygen atoms in total. The van der Waals surface area contributed by atoms with Crippen LogP contribution in [0, 0.1) is 11.6 Å². The van der Waals surface area contributed by atoms with E-state index in [1.54, 1.807) is 0 Å². The van der Waals surface area contributed by atoms with Crippen LogP contribution in [0.3, 0.4) is 0 Å². The molecule has 0 atom stereocenters. The van der Waals surface area contributed by atoms with Crippen LogP contribution in [0.5, 0.6) is 11.6 Å². The number of halogens is 3. The first-order chi connectivity index (χ1) is 15.8. The topological polar surface area (TPSA) is 112 Å². The lowest BCUT2D eigenvalue weighted by molar-refractivity contribution is 0.102. The number of nitrogens with two attached hydrogens (primary N) is 1. The summed E-state index contributed by atoms with van der Waals surface area (Å²) in [5.41, 5.74) is 5.12. The fraction of sp³-hybridized carbons (Fsp3) is 0. The Hall–Kier alpha value is -4.31. The van der Waals surface area contributed by atoms with Gasteiger partial charge in [0.15, 0.2) is 11.6 Å². The first kappa shape index (κ1) is 21.9. The lowest BCUT2D eigenvalue weighted by Crippen LogP contribution is -2.27. The molecule has 1 amide bonds. The van der Waals surface area contributed by atoms with E-state index in [9.17, 15) is 18.4 Å². The van der Waals surface area contributed by atoms with Gasteiger partial charge in [0.05, 0.1) is 6.20 Å². The van der Waals surface area contributed by atoms with Gasteiger partial charge in [0, 0.05) is 23.6 Å². The summed E-state index contributed by atoms with van der Waals surface area (Å²) < 4.78 is 34.2. The molecule has 11 heteroatoms. The molecule has 4 rings (SSSR count). The zero-order valence-electron chi connectivity index (χ0n) is 16.6. The lowest BCUT2D eigenvalue weighted by atomic mass is 10.2. The summed E-state index contributed by atoms with van der Waals surface area (Å²) in [5.74, 6) is -2.49. The molecule has 0 unspecified atom stereocenters. The average molecular weight is 470 g/mol. The Kier molecular flexibility index (Phi) is 6.01. The zero-order valence-corrected chi connectivity index (χ0v) is 17.4. The summed E-state index contributed by atoms with van der Waals surface area (Å²) in [6.45, 7) is 0. The molecule has 166 valence electrons. The summed E-state index contributed by atoms with van der Waals surface area (Å²) in [6.07, 6.45) is 2.66. The molecular weight excluding hydrogens is 456 g/mol. The smallest absolute Gasteiger partial charge is 0.267 e. The third-order valence-corrected chi connectivity index (χ3v) is 4.68. The number of carbonyl (C=O) groups is 1. The van der Waals surface area contributed by atoms with E-state index in [4.69, 9.17) is 22.1 Å². The van der Waals surface area contributed by atoms with Gasteiger partial charge in [-0.2, -0.15) is 4.98 Å². The number of anilines is 2. The van der Waals surface area contributed by atoms with E-state index in [1.807, 2.05) is 0 Å². The maximum absolute atomic E-state index is 14.5. The Bertz CT molecular complexity index is 1410. The molecule has 0 aliphatic carbocycles. The second-order valence-corrected chi connectivity index (χ2v) is 7.06. The molecular formula is C22H14ClF2N5O3. The number of carbonyl (C=O) groups excluding carboxylic acids is 1. The van der Waals surface area contributed by atoms with Crippen molar-refractivity contribution >= 4 is 29.1 Å². The molecule has 0 fully saturated rings. The Morgan fingerprint density at radius 1 is 1.12 bits per heavy atom. The van der Waals surface area contributed by atoms with Gasteiger partial charge in [0.1, 0.15) is 16.4 Å². The highest BCUT2D eigenvalue weighted by molar-refractivity contribution is 6.31. The number of benzene rings is 2. The molecule has 2 heterocycles. The number of nitrogen functional groups attached to an aromatic ring is 1. The molecule has 2 aromatic carbocycles. The first-order valence-electron chi connectivity index (χ1n) is 9.36. The molecule has 3 N–H and O–H groups in total. The number of rotatable bonds is 5. The highest BCUT2D eigenvalue weighted by atomic mass is 35.5. The van der Waals surface area contributed by atoms with Crippen LogP contribution in [0.25, 0.3) is 5.69 Å². The van der Waals surface area contributed by atoms with Gasteiger partial charge in [0.25, 0.3) is 11.5 Å². The van der Waals surface area contributed by atoms with E-state index in [1.165, 1.54) is 65.5 Å². The SMILES string of the molecule is Nc1ncc(Cl)c(Oc2ccc(NC(=O)c3cccn(-c4ccc(F)cc4)c3=O)cc2F)n1. The van der Waals surface area contributed by atoms with Crippen molar-refractivity contribution in [3.05, 3.63) is 99.6 Å². The predicted octanol–water partition coefficient (Wildman–Crippen LogP) is 4.19. The summed E-state index contributed by atoms with van der Waals surface area (Å²) in [7, 11) is 0. The van der Waals surface area contributed by atoms with Crippen molar-refractivity contribution in [2.24, 2.45) is 0 Å². The van der Waals surface area contributed by atoms with Crippen molar-refractivity contribution in [2.75, 3.05) is 11.1 Å². The van der Waals surface area contributed by atoms with Crippen LogP contribution in [0.4, 0.5) is 20.4 Å². The number of amides is 1. The minimum atomic E-state index is -0.821. The number of hydrogen-bond donors (Lipinski definition) is 2. The maximum Gasteiger partial charge on any atom is 0.267 e. The Labute approximate surface area is 190 Å². The van der Waals surface area contributed by atoms with E-state index in [0.29, 0.717) is 5.69 Å². The molecule has 0 saturated carbocycles. The van der Waals surface area contributed by atoms with E-state index in [0.717, 1.165) is 6.07 Å². The van der Waals surface area contributed by atoms with Crippen molar-refractivity contribution in [3.63, 3.8) is 0 Å². The molecule has 0 bridgehead atoms. The second-order valence-electron chi connectivity index (χ2n) is 6.66. The van der Waals surface area contributed by atoms with Crippen LogP contribution in [0.1, 0.15) is 10.4 Å². The average Bonchev–Trinajstić information content (AvgIpc) is 2.79. The lowest BCUT2D eigenvalue weighted by Gasteiger charge is -2.11. The Morgan fingerprint density at radius 3 is 2.61 bits per heavy atom. The van der Waals surface area contributed by atoms with Crippen molar-refractivity contribution in [1.29, 1.82) is 0 Å². The zero-order chi connectivity index (χ0) is 23.5. The fourth-order valence-electron chi connectivity index (χ4n) is 2.87. The van der Waals surface area contributed by atoms with Crippen LogP contribution >= 0.6 is 11.6 Å². The van der Waals surface area contributed by atoms with Gasteiger partial charge >= 0.3 is 0 Å². The number of hydrogen-bond acceptors (Lipinski definition) is 6. The van der Waals surface area contributed by atoms with Crippen molar-refractivity contribution in [3.8, 4) is 17.3 Å². The third kappa shape index (κ3) is 4.80. The van der Waals surface area contributed by atoms with Gasteiger partial charge in [-0.05, 0) is 48.5 Å². The largest absolute Gasteiger partial charge is 0.434 e. The minimum Gasteiger partial charge on any atom is -0.434 e. The Morgan fingerprint density at radius 2 is 1.88 bits per heavy atom. The molecule has 0 aliphatic rings. The normalized spacial score (nSPS) is 10.6. The molecule has 0 saturated heterocycles. The monoisotopic (exact) mass is 469 g/mol. The van der Waals surface area contributed by atoms with Gasteiger partial charge in [-0.25, -0.2) is 13.8 Å². The molecule has 0 spiro atoms. The predicted molar refractivity (Wildman–Crippen MR) is 118 cm³/mol. The highest BCUT2D eigenvalue weighted by Crippen LogP contribution is 2.30. The number of pyridine rings is 1. The molecule has 0 aliphatic heterocycles. The van der Waals surface area contributed by atoms with Crippen LogP contribution in [0.15, 0.2) is 71.8 Å². The summed E-state index contributed by atoms with van der Waals surface area (Å²) in [5, 5.41) is 2.49. The van der Waals surface area contributed by atoms with E-state index >= 15 is 0 Å². The molecule has 2 aromatic heterocycles. The molecule has 0 radical (unpaired) electrons. The van der Waals surface area contributed by atoms with Crippen molar-refractivity contribution in [2.45, 2.75) is 0 Å². The van der Waals surface area contributed by atoms with Gasteiger partial charge in [-0.15, -0.1) is 0 Å². The number of aromatic nitrogens is 3. The van der Waals surface area contributed by atoms with Crippen LogP contribution < -0.4 is 21.3 Å². The third-order valence-electron chi connectivity index (χ3n) is 4.42. The highest BCUT2D eigenvalue weighted by Gasteiger charge is 2.16. The second kappa shape index (κ2) is 9.05. The van der Waals surface area contributed by atoms with E-state index in [2.05, 4.69) is 15.3 Å². The van der Waals surface area contributed by atoms with Gasteiger partial charge in [-0.1, -0.05) is 11.6 Å². The van der Waals surface area contributed by atoms with Crippen molar-refractivity contribution in [1.82, 2.24) is 14.5 Å². The minimum absolute atomic E-state index is 0.0301. The summed E-state index contributed by atoms with van der Waals surface area (Å²) in [4.78, 5) is 32.9. The molecule has 33 heavy (non-hydrogen) atoms. The number of nitrogens with one attached hydrogen (secondary N) is 1. The van der Waals surface area contributed by atoms with E-state index in [-0.39, 0.29) is 33.9 Å². The summed E-state index contributed by atoms with van der Waals surface area (Å²) in [6, 6.07) is 11.7. The quantitative estimate of drug-likeness (QED) is 0.453. The Balaban J connectivity index is 1.55.